The molecule has 0 spiro atoms. The van der Waals surface area contributed by atoms with Gasteiger partial charge in [0.1, 0.15) is 6.04 Å². The number of amides is 1. The first kappa shape index (κ1) is 13.3. The third kappa shape index (κ3) is 3.22. The van der Waals surface area contributed by atoms with E-state index < -0.39 is 12.0 Å². The van der Waals surface area contributed by atoms with Gasteiger partial charge in [0.05, 0.1) is 0 Å². The Morgan fingerprint density at radius 2 is 2.11 bits per heavy atom. The lowest BCUT2D eigenvalue weighted by atomic mass is 9.96. The van der Waals surface area contributed by atoms with E-state index in [0.717, 1.165) is 38.9 Å². The van der Waals surface area contributed by atoms with Crippen molar-refractivity contribution < 1.29 is 19.4 Å². The number of ether oxygens (including phenoxy) is 1. The molecule has 0 aromatic rings. The van der Waals surface area contributed by atoms with Crippen molar-refractivity contribution in [1.82, 2.24) is 4.90 Å². The highest BCUT2D eigenvalue weighted by Crippen LogP contribution is 2.22. The standard InChI is InChI=1S/C13H21NO4/c15-12(6-5-10-3-2-8-18-9-10)14-7-1-4-11(14)13(16)17/h10-11H,1-9H2,(H,16,17)/t10-,11-/m1/s1. The van der Waals surface area contributed by atoms with Crippen LogP contribution in [0.25, 0.3) is 0 Å². The third-order valence-corrected chi connectivity index (χ3v) is 3.88. The predicted molar refractivity (Wildman–Crippen MR) is 65.1 cm³/mol. The van der Waals surface area contributed by atoms with Gasteiger partial charge in [-0.15, -0.1) is 0 Å². The lowest BCUT2D eigenvalue weighted by molar-refractivity contribution is -0.148. The maximum absolute atomic E-state index is 12.0. The fourth-order valence-electron chi connectivity index (χ4n) is 2.83. The minimum absolute atomic E-state index is 0.00882. The number of carbonyl (C=O) groups is 2. The number of rotatable bonds is 4. The van der Waals surface area contributed by atoms with Crippen molar-refractivity contribution >= 4 is 11.9 Å². The van der Waals surface area contributed by atoms with Gasteiger partial charge in [0.2, 0.25) is 5.91 Å². The fraction of sp³-hybridized carbons (Fsp3) is 0.846. The van der Waals surface area contributed by atoms with E-state index >= 15 is 0 Å². The molecule has 0 bridgehead atoms. The topological polar surface area (TPSA) is 66.8 Å². The summed E-state index contributed by atoms with van der Waals surface area (Å²) in [7, 11) is 0. The molecule has 0 aromatic heterocycles. The number of carbonyl (C=O) groups excluding carboxylic acids is 1. The highest BCUT2D eigenvalue weighted by atomic mass is 16.5. The highest BCUT2D eigenvalue weighted by molar-refractivity contribution is 5.84. The fourth-order valence-corrected chi connectivity index (χ4v) is 2.83. The second-order valence-electron chi connectivity index (χ2n) is 5.21. The monoisotopic (exact) mass is 255 g/mol. The molecule has 1 N–H and O–H groups in total. The lowest BCUT2D eigenvalue weighted by Gasteiger charge is -2.24. The molecule has 5 nitrogen and oxygen atoms in total. The van der Waals surface area contributed by atoms with Crippen molar-refractivity contribution in [2.75, 3.05) is 19.8 Å². The van der Waals surface area contributed by atoms with Gasteiger partial charge in [0.25, 0.3) is 0 Å². The van der Waals surface area contributed by atoms with Crippen LogP contribution in [0.15, 0.2) is 0 Å². The Hall–Kier alpha value is -1.10. The van der Waals surface area contributed by atoms with Crippen LogP contribution < -0.4 is 0 Å². The van der Waals surface area contributed by atoms with Gasteiger partial charge in [0, 0.05) is 26.2 Å². The molecule has 18 heavy (non-hydrogen) atoms. The Bertz CT molecular complexity index is 312. The molecule has 0 aromatic carbocycles. The molecule has 102 valence electrons. The van der Waals surface area contributed by atoms with Crippen LogP contribution >= 0.6 is 0 Å². The summed E-state index contributed by atoms with van der Waals surface area (Å²) < 4.78 is 5.38. The van der Waals surface area contributed by atoms with Gasteiger partial charge in [0.15, 0.2) is 0 Å². The smallest absolute Gasteiger partial charge is 0.326 e. The van der Waals surface area contributed by atoms with Crippen LogP contribution in [0.3, 0.4) is 0 Å². The normalized spacial score (nSPS) is 28.3. The Kier molecular flexibility index (Phi) is 4.58. The molecule has 2 atom stereocenters. The Morgan fingerprint density at radius 3 is 2.78 bits per heavy atom. The molecule has 2 fully saturated rings. The maximum atomic E-state index is 12.0. The first-order valence-corrected chi connectivity index (χ1v) is 6.78. The Morgan fingerprint density at radius 1 is 1.28 bits per heavy atom. The van der Waals surface area contributed by atoms with Crippen LogP contribution in [0, 0.1) is 5.92 Å². The molecule has 2 saturated heterocycles. The van der Waals surface area contributed by atoms with E-state index in [4.69, 9.17) is 9.84 Å². The lowest BCUT2D eigenvalue weighted by Crippen LogP contribution is -2.40. The zero-order valence-corrected chi connectivity index (χ0v) is 10.6. The SMILES string of the molecule is O=C(O)[C@H]1CCCN1C(=O)CC[C@H]1CCCOC1. The number of aliphatic carboxylic acids is 1. The van der Waals surface area contributed by atoms with Crippen molar-refractivity contribution in [3.63, 3.8) is 0 Å². The van der Waals surface area contributed by atoms with Gasteiger partial charge in [-0.1, -0.05) is 0 Å². The number of likely N-dealkylation sites (tertiary alicyclic amines) is 1. The van der Waals surface area contributed by atoms with Gasteiger partial charge in [-0.2, -0.15) is 0 Å². The number of nitrogens with zero attached hydrogens (tertiary/aromatic N) is 1. The zero-order chi connectivity index (χ0) is 13.0. The molecular formula is C13H21NO4. The van der Waals surface area contributed by atoms with Crippen molar-refractivity contribution in [2.45, 2.75) is 44.6 Å². The predicted octanol–water partition coefficient (Wildman–Crippen LogP) is 1.27. The molecule has 0 radical (unpaired) electrons. The van der Waals surface area contributed by atoms with Crippen molar-refractivity contribution in [3.05, 3.63) is 0 Å². The second kappa shape index (κ2) is 6.18. The second-order valence-corrected chi connectivity index (χ2v) is 5.21. The van der Waals surface area contributed by atoms with E-state index in [1.807, 2.05) is 0 Å². The minimum atomic E-state index is -0.873. The molecule has 0 aliphatic carbocycles. The minimum Gasteiger partial charge on any atom is -0.480 e. The summed E-state index contributed by atoms with van der Waals surface area (Å²) in [5, 5.41) is 9.04. The van der Waals surface area contributed by atoms with Crippen LogP contribution in [-0.4, -0.2) is 47.7 Å². The number of hydrogen-bond acceptors (Lipinski definition) is 3. The summed E-state index contributed by atoms with van der Waals surface area (Å²) in [6.45, 7) is 2.17. The van der Waals surface area contributed by atoms with E-state index in [2.05, 4.69) is 0 Å². The average Bonchev–Trinajstić information content (AvgIpc) is 2.86. The van der Waals surface area contributed by atoms with Gasteiger partial charge in [-0.25, -0.2) is 4.79 Å². The van der Waals surface area contributed by atoms with E-state index in [1.54, 1.807) is 0 Å². The van der Waals surface area contributed by atoms with Crippen LogP contribution in [0.1, 0.15) is 38.5 Å². The molecule has 0 saturated carbocycles. The third-order valence-electron chi connectivity index (χ3n) is 3.88. The van der Waals surface area contributed by atoms with E-state index in [9.17, 15) is 9.59 Å². The van der Waals surface area contributed by atoms with Crippen LogP contribution in [-0.2, 0) is 14.3 Å². The van der Waals surface area contributed by atoms with E-state index in [0.29, 0.717) is 25.3 Å². The highest BCUT2D eigenvalue weighted by Gasteiger charge is 2.33. The quantitative estimate of drug-likeness (QED) is 0.821. The summed E-state index contributed by atoms with van der Waals surface area (Å²) in [4.78, 5) is 24.6. The maximum Gasteiger partial charge on any atom is 0.326 e. The van der Waals surface area contributed by atoms with Crippen molar-refractivity contribution in [2.24, 2.45) is 5.92 Å². The Labute approximate surface area is 107 Å². The molecule has 2 heterocycles. The molecular weight excluding hydrogens is 234 g/mol. The first-order chi connectivity index (χ1) is 8.68. The summed E-state index contributed by atoms with van der Waals surface area (Å²) in [5.74, 6) is -0.416. The first-order valence-electron chi connectivity index (χ1n) is 6.78. The summed E-state index contributed by atoms with van der Waals surface area (Å²) in [6, 6.07) is -0.597. The number of hydrogen-bond donors (Lipinski definition) is 1. The summed E-state index contributed by atoms with van der Waals surface area (Å²) in [6.07, 6.45) is 4.86. The van der Waals surface area contributed by atoms with Crippen molar-refractivity contribution in [1.29, 1.82) is 0 Å². The molecule has 5 heteroatoms. The number of carboxylic acid groups (broad SMARTS) is 1. The van der Waals surface area contributed by atoms with Gasteiger partial charge in [-0.05, 0) is 38.0 Å². The van der Waals surface area contributed by atoms with E-state index in [-0.39, 0.29) is 5.91 Å². The van der Waals surface area contributed by atoms with Crippen molar-refractivity contribution in [3.8, 4) is 0 Å². The molecule has 2 aliphatic rings. The van der Waals surface area contributed by atoms with Gasteiger partial charge >= 0.3 is 5.97 Å². The number of carboxylic acids is 1. The van der Waals surface area contributed by atoms with E-state index in [1.165, 1.54) is 4.90 Å². The molecule has 1 amide bonds. The summed E-state index contributed by atoms with van der Waals surface area (Å²) in [5.41, 5.74) is 0. The van der Waals surface area contributed by atoms with Crippen LogP contribution in [0.4, 0.5) is 0 Å². The van der Waals surface area contributed by atoms with Crippen LogP contribution in [0.5, 0.6) is 0 Å². The molecule has 2 aliphatic heterocycles. The summed E-state index contributed by atoms with van der Waals surface area (Å²) >= 11 is 0. The van der Waals surface area contributed by atoms with Gasteiger partial charge < -0.3 is 14.7 Å². The van der Waals surface area contributed by atoms with Gasteiger partial charge in [-0.3, -0.25) is 4.79 Å². The molecule has 0 unspecified atom stereocenters. The molecule has 2 rings (SSSR count). The largest absolute Gasteiger partial charge is 0.480 e. The zero-order valence-electron chi connectivity index (χ0n) is 10.6. The van der Waals surface area contributed by atoms with Crippen LogP contribution in [0.2, 0.25) is 0 Å². The average molecular weight is 255 g/mol. The Balaban J connectivity index is 1.78.